The number of benzene rings is 2. The largest absolute Gasteiger partial charge is 0.422 e. The lowest BCUT2D eigenvalue weighted by molar-refractivity contribution is 0.552. The van der Waals surface area contributed by atoms with E-state index < -0.39 is 0 Å². The molecule has 136 valence electrons. The van der Waals surface area contributed by atoms with Crippen LogP contribution in [0.1, 0.15) is 5.56 Å². The standard InChI is InChI=1S/C21H15N5O2/c27-21-15(10-22-19-18-20(24-11-23-18)26-12-25-19)17(13-6-2-1-3-7-13)14-8-4-5-9-16(14)28-21/h1-9,11-12H,10H2,(H2,22,23,24,25,26). The molecule has 0 amide bonds. The summed E-state index contributed by atoms with van der Waals surface area (Å²) in [5, 5.41) is 4.11. The van der Waals surface area contributed by atoms with Gasteiger partial charge in [-0.2, -0.15) is 0 Å². The van der Waals surface area contributed by atoms with Crippen LogP contribution in [0.2, 0.25) is 0 Å². The number of nitrogens with one attached hydrogen (secondary N) is 2. The molecule has 0 spiro atoms. The van der Waals surface area contributed by atoms with E-state index in [-0.39, 0.29) is 12.2 Å². The minimum Gasteiger partial charge on any atom is -0.422 e. The summed E-state index contributed by atoms with van der Waals surface area (Å²) in [6, 6.07) is 17.4. The molecule has 3 aromatic heterocycles. The van der Waals surface area contributed by atoms with Gasteiger partial charge in [-0.1, -0.05) is 48.5 Å². The van der Waals surface area contributed by atoms with Gasteiger partial charge >= 0.3 is 5.63 Å². The smallest absolute Gasteiger partial charge is 0.341 e. The molecule has 0 aliphatic rings. The molecule has 0 atom stereocenters. The van der Waals surface area contributed by atoms with Crippen molar-refractivity contribution in [2.45, 2.75) is 6.54 Å². The van der Waals surface area contributed by atoms with Crippen molar-refractivity contribution in [3.63, 3.8) is 0 Å². The molecule has 0 bridgehead atoms. The predicted octanol–water partition coefficient (Wildman–Crippen LogP) is 3.74. The first-order chi connectivity index (χ1) is 13.8. The van der Waals surface area contributed by atoms with E-state index in [9.17, 15) is 4.79 Å². The average molecular weight is 369 g/mol. The monoisotopic (exact) mass is 369 g/mol. The molecule has 7 nitrogen and oxygen atoms in total. The van der Waals surface area contributed by atoms with Crippen LogP contribution in [0.25, 0.3) is 33.3 Å². The number of rotatable bonds is 4. The van der Waals surface area contributed by atoms with Crippen LogP contribution in [0.3, 0.4) is 0 Å². The molecule has 0 fully saturated rings. The number of fused-ring (bicyclic) bond motifs is 2. The zero-order valence-electron chi connectivity index (χ0n) is 14.7. The van der Waals surface area contributed by atoms with Gasteiger partial charge in [-0.15, -0.1) is 0 Å². The number of hydrogen-bond donors (Lipinski definition) is 2. The second kappa shape index (κ2) is 6.62. The van der Waals surface area contributed by atoms with Crippen LogP contribution >= 0.6 is 0 Å². The van der Waals surface area contributed by atoms with Gasteiger partial charge in [0.25, 0.3) is 0 Å². The molecule has 2 N–H and O–H groups in total. The summed E-state index contributed by atoms with van der Waals surface area (Å²) >= 11 is 0. The Kier molecular flexibility index (Phi) is 3.83. The molecular weight excluding hydrogens is 354 g/mol. The second-order valence-corrected chi connectivity index (χ2v) is 6.28. The van der Waals surface area contributed by atoms with Crippen LogP contribution < -0.4 is 10.9 Å². The zero-order chi connectivity index (χ0) is 18.9. The van der Waals surface area contributed by atoms with Gasteiger partial charge in [0.05, 0.1) is 11.9 Å². The summed E-state index contributed by atoms with van der Waals surface area (Å²) in [6.45, 7) is 0.253. The number of para-hydroxylation sites is 1. The molecule has 0 aliphatic heterocycles. The Morgan fingerprint density at radius 2 is 1.79 bits per heavy atom. The molecule has 0 saturated heterocycles. The fourth-order valence-corrected chi connectivity index (χ4v) is 3.35. The zero-order valence-corrected chi connectivity index (χ0v) is 14.7. The summed E-state index contributed by atoms with van der Waals surface area (Å²) < 4.78 is 5.57. The summed E-state index contributed by atoms with van der Waals surface area (Å²) in [5.41, 5.74) is 3.79. The third-order valence-corrected chi connectivity index (χ3v) is 4.63. The van der Waals surface area contributed by atoms with Gasteiger partial charge in [0.1, 0.15) is 17.4 Å². The van der Waals surface area contributed by atoms with E-state index >= 15 is 0 Å². The Morgan fingerprint density at radius 3 is 2.68 bits per heavy atom. The second-order valence-electron chi connectivity index (χ2n) is 6.28. The first kappa shape index (κ1) is 16.2. The van der Waals surface area contributed by atoms with Crippen molar-refractivity contribution in [2.24, 2.45) is 0 Å². The minimum absolute atomic E-state index is 0.253. The molecular formula is C21H15N5O2. The summed E-state index contributed by atoms with van der Waals surface area (Å²) in [5.74, 6) is 0.578. The quantitative estimate of drug-likeness (QED) is 0.469. The van der Waals surface area contributed by atoms with Gasteiger partial charge in [0, 0.05) is 17.5 Å². The van der Waals surface area contributed by atoms with Gasteiger partial charge in [0.15, 0.2) is 11.5 Å². The molecule has 0 saturated carbocycles. The molecule has 7 heteroatoms. The first-order valence-electron chi connectivity index (χ1n) is 8.79. The van der Waals surface area contributed by atoms with Gasteiger partial charge in [-0.25, -0.2) is 19.7 Å². The lowest BCUT2D eigenvalue weighted by atomic mass is 9.97. The number of imidazole rings is 1. The highest BCUT2D eigenvalue weighted by Crippen LogP contribution is 2.30. The van der Waals surface area contributed by atoms with Gasteiger partial charge in [-0.05, 0) is 11.6 Å². The highest BCUT2D eigenvalue weighted by molar-refractivity contribution is 5.95. The van der Waals surface area contributed by atoms with E-state index in [1.165, 1.54) is 6.33 Å². The Morgan fingerprint density at radius 1 is 0.964 bits per heavy atom. The fraction of sp³-hybridized carbons (Fsp3) is 0.0476. The van der Waals surface area contributed by atoms with Gasteiger partial charge < -0.3 is 14.7 Å². The van der Waals surface area contributed by atoms with Crippen molar-refractivity contribution >= 4 is 28.0 Å². The van der Waals surface area contributed by atoms with Crippen LogP contribution in [0.4, 0.5) is 5.82 Å². The third-order valence-electron chi connectivity index (χ3n) is 4.63. The SMILES string of the molecule is O=c1oc2ccccc2c(-c2ccccc2)c1CNc1ncnc2nc[nH]c12. The Bertz CT molecular complexity index is 1340. The van der Waals surface area contributed by atoms with Crippen molar-refractivity contribution in [3.05, 3.63) is 83.2 Å². The van der Waals surface area contributed by atoms with E-state index in [0.717, 1.165) is 16.5 Å². The van der Waals surface area contributed by atoms with Crippen molar-refractivity contribution in [2.75, 3.05) is 5.32 Å². The molecule has 28 heavy (non-hydrogen) atoms. The number of aromatic amines is 1. The average Bonchev–Trinajstić information content (AvgIpc) is 3.22. The van der Waals surface area contributed by atoms with Crippen LogP contribution in [0.5, 0.6) is 0 Å². The fourth-order valence-electron chi connectivity index (χ4n) is 3.35. The van der Waals surface area contributed by atoms with Crippen molar-refractivity contribution in [3.8, 4) is 11.1 Å². The van der Waals surface area contributed by atoms with E-state index in [1.807, 2.05) is 48.5 Å². The lowest BCUT2D eigenvalue weighted by Gasteiger charge is -2.13. The Balaban J connectivity index is 1.65. The molecule has 5 aromatic rings. The van der Waals surface area contributed by atoms with E-state index in [4.69, 9.17) is 4.42 Å². The minimum atomic E-state index is -0.375. The third kappa shape index (κ3) is 2.69. The number of anilines is 1. The van der Waals surface area contributed by atoms with Crippen LogP contribution in [0.15, 0.2) is 76.5 Å². The molecule has 5 rings (SSSR count). The number of H-pyrrole nitrogens is 1. The molecule has 2 aromatic carbocycles. The molecule has 0 unspecified atom stereocenters. The number of nitrogens with zero attached hydrogens (tertiary/aromatic N) is 3. The topological polar surface area (TPSA) is 96.7 Å². The first-order valence-corrected chi connectivity index (χ1v) is 8.79. The van der Waals surface area contributed by atoms with Crippen LogP contribution in [-0.2, 0) is 6.54 Å². The summed E-state index contributed by atoms with van der Waals surface area (Å²) in [7, 11) is 0. The maximum absolute atomic E-state index is 12.8. The van der Waals surface area contributed by atoms with Crippen molar-refractivity contribution in [1.29, 1.82) is 0 Å². The molecule has 3 heterocycles. The highest BCUT2D eigenvalue weighted by Gasteiger charge is 2.17. The van der Waals surface area contributed by atoms with Gasteiger partial charge in [-0.3, -0.25) is 0 Å². The predicted molar refractivity (Wildman–Crippen MR) is 107 cm³/mol. The maximum Gasteiger partial charge on any atom is 0.341 e. The van der Waals surface area contributed by atoms with Crippen LogP contribution in [-0.4, -0.2) is 19.9 Å². The Labute approximate surface area is 159 Å². The molecule has 0 aliphatic carbocycles. The lowest BCUT2D eigenvalue weighted by Crippen LogP contribution is -2.15. The van der Waals surface area contributed by atoms with Crippen LogP contribution in [0, 0.1) is 0 Å². The van der Waals surface area contributed by atoms with E-state index in [2.05, 4.69) is 25.3 Å². The summed E-state index contributed by atoms with van der Waals surface area (Å²) in [6.07, 6.45) is 3.00. The molecule has 0 radical (unpaired) electrons. The van der Waals surface area contributed by atoms with Crippen molar-refractivity contribution in [1.82, 2.24) is 19.9 Å². The Hall–Kier alpha value is -4.00. The van der Waals surface area contributed by atoms with Crippen molar-refractivity contribution < 1.29 is 4.42 Å². The number of hydrogen-bond acceptors (Lipinski definition) is 6. The summed E-state index contributed by atoms with van der Waals surface area (Å²) in [4.78, 5) is 28.3. The number of aromatic nitrogens is 4. The van der Waals surface area contributed by atoms with E-state index in [0.29, 0.717) is 28.1 Å². The normalized spacial score (nSPS) is 11.1. The van der Waals surface area contributed by atoms with Gasteiger partial charge in [0.2, 0.25) is 0 Å². The van der Waals surface area contributed by atoms with E-state index in [1.54, 1.807) is 12.4 Å². The maximum atomic E-state index is 12.8. The highest BCUT2D eigenvalue weighted by atomic mass is 16.4.